The summed E-state index contributed by atoms with van der Waals surface area (Å²) in [5, 5.41) is 9.25. The third-order valence-electron chi connectivity index (χ3n) is 4.72. The molecular formula is C21H21NO5S2. The van der Waals surface area contributed by atoms with Crippen molar-refractivity contribution in [3.8, 4) is 0 Å². The number of carbonyl (C=O) groups excluding carboxylic acids is 1. The Morgan fingerprint density at radius 3 is 2.72 bits per heavy atom. The average Bonchev–Trinajstić information content (AvgIpc) is 2.91. The number of carboxylic acids is 1. The molecule has 1 amide bonds. The number of hydrogen-bond donors (Lipinski definition) is 1. The maximum atomic E-state index is 13.1. The molecule has 3 rings (SSSR count). The number of hydrogen-bond acceptors (Lipinski definition) is 6. The Kier molecular flexibility index (Phi) is 6.24. The lowest BCUT2D eigenvalue weighted by Gasteiger charge is -2.13. The Morgan fingerprint density at radius 2 is 2.07 bits per heavy atom. The predicted molar refractivity (Wildman–Crippen MR) is 118 cm³/mol. The lowest BCUT2D eigenvalue weighted by molar-refractivity contribution is -0.137. The van der Waals surface area contributed by atoms with Gasteiger partial charge in [0.15, 0.2) is 5.43 Å². The SMILES string of the molecule is Cc1oc2ccc(C(C)C)cc2c(=O)c1C=C1SC(=S)N(CCCC(=O)O)C1=O. The summed E-state index contributed by atoms with van der Waals surface area (Å²) in [4.78, 5) is 38.2. The lowest BCUT2D eigenvalue weighted by Crippen LogP contribution is -2.29. The Hall–Kier alpha value is -2.45. The molecule has 0 saturated carbocycles. The zero-order valence-electron chi connectivity index (χ0n) is 16.4. The largest absolute Gasteiger partial charge is 0.481 e. The first-order valence-electron chi connectivity index (χ1n) is 9.23. The van der Waals surface area contributed by atoms with Crippen molar-refractivity contribution >= 4 is 57.2 Å². The van der Waals surface area contributed by atoms with Crippen molar-refractivity contribution in [2.75, 3.05) is 6.54 Å². The van der Waals surface area contributed by atoms with Crippen LogP contribution in [0.15, 0.2) is 32.3 Å². The van der Waals surface area contributed by atoms with Crippen LogP contribution in [0.3, 0.4) is 0 Å². The molecule has 1 saturated heterocycles. The summed E-state index contributed by atoms with van der Waals surface area (Å²) in [6, 6.07) is 5.57. The van der Waals surface area contributed by atoms with Crippen LogP contribution in [-0.4, -0.2) is 32.7 Å². The molecule has 2 aromatic rings. The number of fused-ring (bicyclic) bond motifs is 1. The highest BCUT2D eigenvalue weighted by molar-refractivity contribution is 8.26. The number of carbonyl (C=O) groups is 2. The fourth-order valence-electron chi connectivity index (χ4n) is 3.08. The van der Waals surface area contributed by atoms with E-state index in [1.54, 1.807) is 13.0 Å². The van der Waals surface area contributed by atoms with Crippen LogP contribution in [0.2, 0.25) is 0 Å². The summed E-state index contributed by atoms with van der Waals surface area (Å²) in [5.41, 5.74) is 1.67. The number of thioether (sulfide) groups is 1. The molecule has 0 spiro atoms. The van der Waals surface area contributed by atoms with Gasteiger partial charge >= 0.3 is 5.97 Å². The molecule has 0 aliphatic carbocycles. The van der Waals surface area contributed by atoms with E-state index in [4.69, 9.17) is 21.7 Å². The van der Waals surface area contributed by atoms with E-state index in [0.29, 0.717) is 37.9 Å². The Balaban J connectivity index is 1.97. The van der Waals surface area contributed by atoms with Crippen molar-refractivity contribution in [1.82, 2.24) is 4.90 Å². The molecule has 0 unspecified atom stereocenters. The molecule has 1 aromatic carbocycles. The highest BCUT2D eigenvalue weighted by Crippen LogP contribution is 2.33. The van der Waals surface area contributed by atoms with Crippen LogP contribution >= 0.6 is 24.0 Å². The van der Waals surface area contributed by atoms with Gasteiger partial charge in [-0.15, -0.1) is 0 Å². The Labute approximate surface area is 177 Å². The van der Waals surface area contributed by atoms with Crippen LogP contribution in [-0.2, 0) is 9.59 Å². The second-order valence-electron chi connectivity index (χ2n) is 7.14. The summed E-state index contributed by atoms with van der Waals surface area (Å²) in [6.07, 6.45) is 1.80. The number of aryl methyl sites for hydroxylation is 1. The van der Waals surface area contributed by atoms with Crippen molar-refractivity contribution < 1.29 is 19.1 Å². The number of rotatable bonds is 6. The summed E-state index contributed by atoms with van der Waals surface area (Å²) in [5.74, 6) is -0.544. The Morgan fingerprint density at radius 1 is 1.34 bits per heavy atom. The molecule has 0 radical (unpaired) electrons. The second kappa shape index (κ2) is 8.51. The number of carboxylic acid groups (broad SMARTS) is 1. The second-order valence-corrected chi connectivity index (χ2v) is 8.82. The van der Waals surface area contributed by atoms with E-state index < -0.39 is 5.97 Å². The maximum Gasteiger partial charge on any atom is 0.303 e. The van der Waals surface area contributed by atoms with E-state index in [1.807, 2.05) is 26.0 Å². The van der Waals surface area contributed by atoms with E-state index >= 15 is 0 Å². The number of amides is 1. The molecule has 6 nitrogen and oxygen atoms in total. The molecule has 1 aromatic heterocycles. The van der Waals surface area contributed by atoms with Crippen molar-refractivity contribution in [1.29, 1.82) is 0 Å². The third-order valence-corrected chi connectivity index (χ3v) is 6.10. The lowest BCUT2D eigenvalue weighted by atomic mass is 10.0. The molecule has 8 heteroatoms. The minimum atomic E-state index is -0.920. The molecule has 2 heterocycles. The van der Waals surface area contributed by atoms with Crippen LogP contribution < -0.4 is 5.43 Å². The number of aliphatic carboxylic acids is 1. The van der Waals surface area contributed by atoms with Crippen LogP contribution in [0.1, 0.15) is 49.5 Å². The van der Waals surface area contributed by atoms with Gasteiger partial charge in [0.25, 0.3) is 5.91 Å². The van der Waals surface area contributed by atoms with E-state index in [9.17, 15) is 14.4 Å². The third kappa shape index (κ3) is 4.43. The fraction of sp³-hybridized carbons (Fsp3) is 0.333. The topological polar surface area (TPSA) is 87.8 Å². The van der Waals surface area contributed by atoms with Crippen LogP contribution in [0.5, 0.6) is 0 Å². The monoisotopic (exact) mass is 431 g/mol. The van der Waals surface area contributed by atoms with E-state index in [0.717, 1.165) is 17.3 Å². The minimum Gasteiger partial charge on any atom is -0.481 e. The van der Waals surface area contributed by atoms with Gasteiger partial charge in [0, 0.05) is 13.0 Å². The Bertz CT molecular complexity index is 1100. The zero-order chi connectivity index (χ0) is 21.3. The summed E-state index contributed by atoms with van der Waals surface area (Å²) < 4.78 is 6.18. The van der Waals surface area contributed by atoms with Crippen LogP contribution in [0, 0.1) is 6.92 Å². The van der Waals surface area contributed by atoms with Gasteiger partial charge in [0.1, 0.15) is 15.7 Å². The van der Waals surface area contributed by atoms with Crippen molar-refractivity contribution in [2.45, 2.75) is 39.5 Å². The molecule has 1 fully saturated rings. The molecule has 1 N–H and O–H groups in total. The molecule has 29 heavy (non-hydrogen) atoms. The molecule has 1 aliphatic heterocycles. The predicted octanol–water partition coefficient (Wildman–Crippen LogP) is 4.29. The van der Waals surface area contributed by atoms with Gasteiger partial charge in [-0.2, -0.15) is 0 Å². The van der Waals surface area contributed by atoms with E-state index in [1.165, 1.54) is 11.0 Å². The quantitative estimate of drug-likeness (QED) is 0.539. The number of nitrogens with zero attached hydrogens (tertiary/aromatic N) is 1. The fourth-order valence-corrected chi connectivity index (χ4v) is 4.37. The minimum absolute atomic E-state index is 0.0400. The summed E-state index contributed by atoms with van der Waals surface area (Å²) >= 11 is 6.36. The summed E-state index contributed by atoms with van der Waals surface area (Å²) in [6.45, 7) is 6.02. The van der Waals surface area contributed by atoms with Crippen LogP contribution in [0.25, 0.3) is 17.0 Å². The first kappa shape index (κ1) is 21.3. The van der Waals surface area contributed by atoms with Crippen molar-refractivity contribution in [2.24, 2.45) is 0 Å². The van der Waals surface area contributed by atoms with E-state index in [2.05, 4.69) is 0 Å². The molecule has 0 atom stereocenters. The van der Waals surface area contributed by atoms with Gasteiger partial charge < -0.3 is 9.52 Å². The zero-order valence-corrected chi connectivity index (χ0v) is 18.0. The first-order chi connectivity index (χ1) is 13.7. The van der Waals surface area contributed by atoms with Gasteiger partial charge in [-0.1, -0.05) is 43.9 Å². The van der Waals surface area contributed by atoms with Gasteiger partial charge in [-0.05, 0) is 43.0 Å². The van der Waals surface area contributed by atoms with E-state index in [-0.39, 0.29) is 30.2 Å². The average molecular weight is 432 g/mol. The normalized spacial score (nSPS) is 15.9. The van der Waals surface area contributed by atoms with Crippen LogP contribution in [0.4, 0.5) is 0 Å². The van der Waals surface area contributed by atoms with Crippen molar-refractivity contribution in [3.05, 3.63) is 50.2 Å². The molecule has 1 aliphatic rings. The molecule has 0 bridgehead atoms. The number of benzene rings is 1. The molecule has 152 valence electrons. The molecular weight excluding hydrogens is 410 g/mol. The van der Waals surface area contributed by atoms with Crippen molar-refractivity contribution in [3.63, 3.8) is 0 Å². The summed E-state index contributed by atoms with van der Waals surface area (Å²) in [7, 11) is 0. The van der Waals surface area contributed by atoms with Gasteiger partial charge in [0.2, 0.25) is 0 Å². The number of thiocarbonyl (C=S) groups is 1. The van der Waals surface area contributed by atoms with Gasteiger partial charge in [-0.25, -0.2) is 0 Å². The van der Waals surface area contributed by atoms with Gasteiger partial charge in [0.05, 0.1) is 15.9 Å². The standard InChI is InChI=1S/C21H21NO5S2/c1-11(2)13-6-7-16-15(9-13)19(25)14(12(3)27-16)10-17-20(26)22(21(28)29-17)8-4-5-18(23)24/h6-7,9-11H,4-5,8H2,1-3H3,(H,23,24). The highest BCUT2D eigenvalue weighted by atomic mass is 32.2. The maximum absolute atomic E-state index is 13.1. The first-order valence-corrected chi connectivity index (χ1v) is 10.5. The smallest absolute Gasteiger partial charge is 0.303 e. The highest BCUT2D eigenvalue weighted by Gasteiger charge is 2.32. The van der Waals surface area contributed by atoms with Gasteiger partial charge in [-0.3, -0.25) is 19.3 Å².